The van der Waals surface area contributed by atoms with Crippen LogP contribution in [0.3, 0.4) is 0 Å². The second-order valence-corrected chi connectivity index (χ2v) is 10.5. The van der Waals surface area contributed by atoms with Crippen molar-refractivity contribution in [1.29, 1.82) is 0 Å². The fourth-order valence-electron chi connectivity index (χ4n) is 3.80. The lowest BCUT2D eigenvalue weighted by molar-refractivity contribution is -0.274. The van der Waals surface area contributed by atoms with Gasteiger partial charge in [-0.3, -0.25) is 0 Å². The standard InChI is InChI=1S/C22H26ClF3N2O3S/c1-16(2)11-13-28-14-12-21(15-28,17-3-5-18(23)6-4-17)27-32(29,30)20-9-7-19(8-10-20)31-22(24,25)26/h3-10,16,27H,11-15H2,1-2H3. The molecule has 0 saturated carbocycles. The predicted molar refractivity (Wildman–Crippen MR) is 117 cm³/mol. The van der Waals surface area contributed by atoms with Gasteiger partial charge in [-0.25, -0.2) is 8.42 Å². The van der Waals surface area contributed by atoms with E-state index in [0.717, 1.165) is 49.3 Å². The highest BCUT2D eigenvalue weighted by molar-refractivity contribution is 7.89. The molecule has 1 aliphatic heterocycles. The third kappa shape index (κ3) is 6.37. The maximum absolute atomic E-state index is 13.2. The molecule has 0 spiro atoms. The summed E-state index contributed by atoms with van der Waals surface area (Å²) in [7, 11) is -4.02. The van der Waals surface area contributed by atoms with E-state index in [1.807, 2.05) is 0 Å². The normalized spacial score (nSPS) is 20.1. The van der Waals surface area contributed by atoms with Crippen molar-refractivity contribution in [2.24, 2.45) is 5.92 Å². The quantitative estimate of drug-likeness (QED) is 0.555. The molecule has 5 nitrogen and oxygen atoms in total. The Labute approximate surface area is 191 Å². The van der Waals surface area contributed by atoms with E-state index < -0.39 is 27.7 Å². The molecule has 0 radical (unpaired) electrons. The van der Waals surface area contributed by atoms with Gasteiger partial charge < -0.3 is 9.64 Å². The number of alkyl halides is 3. The van der Waals surface area contributed by atoms with E-state index in [0.29, 0.717) is 23.9 Å². The lowest BCUT2D eigenvalue weighted by Gasteiger charge is -2.31. The number of rotatable bonds is 8. The van der Waals surface area contributed by atoms with Crippen LogP contribution < -0.4 is 9.46 Å². The third-order valence-corrected chi connectivity index (χ3v) is 7.27. The third-order valence-electron chi connectivity index (χ3n) is 5.47. The first-order chi connectivity index (χ1) is 14.9. The van der Waals surface area contributed by atoms with Gasteiger partial charge in [0.25, 0.3) is 0 Å². The fraction of sp³-hybridized carbons (Fsp3) is 0.455. The van der Waals surface area contributed by atoms with Gasteiger partial charge in [-0.15, -0.1) is 13.2 Å². The lowest BCUT2D eigenvalue weighted by atomic mass is 9.90. The molecule has 1 heterocycles. The second-order valence-electron chi connectivity index (χ2n) is 8.42. The minimum atomic E-state index is -4.85. The summed E-state index contributed by atoms with van der Waals surface area (Å²) in [5.41, 5.74) is -0.0869. The molecule has 1 fully saturated rings. The monoisotopic (exact) mass is 490 g/mol. The first-order valence-electron chi connectivity index (χ1n) is 10.3. The van der Waals surface area contributed by atoms with Crippen molar-refractivity contribution in [3.63, 3.8) is 0 Å². The Kier molecular flexibility index (Phi) is 7.44. The van der Waals surface area contributed by atoms with Gasteiger partial charge in [-0.1, -0.05) is 37.6 Å². The second kappa shape index (κ2) is 9.59. The Bertz CT molecular complexity index is 1010. The SMILES string of the molecule is CC(C)CCN1CCC(NS(=O)(=O)c2ccc(OC(F)(F)F)cc2)(c2ccc(Cl)cc2)C1. The van der Waals surface area contributed by atoms with Crippen molar-refractivity contribution in [2.45, 2.75) is 43.5 Å². The van der Waals surface area contributed by atoms with Crippen LogP contribution in [0.5, 0.6) is 5.75 Å². The molecule has 32 heavy (non-hydrogen) atoms. The topological polar surface area (TPSA) is 58.6 Å². The number of nitrogens with zero attached hydrogens (tertiary/aromatic N) is 1. The number of sulfonamides is 1. The number of hydrogen-bond acceptors (Lipinski definition) is 4. The highest BCUT2D eigenvalue weighted by Gasteiger charge is 2.43. The van der Waals surface area contributed by atoms with Gasteiger partial charge in [0.2, 0.25) is 10.0 Å². The van der Waals surface area contributed by atoms with Gasteiger partial charge in [0.05, 0.1) is 10.4 Å². The maximum Gasteiger partial charge on any atom is 0.573 e. The molecule has 2 aromatic rings. The average molecular weight is 491 g/mol. The van der Waals surface area contributed by atoms with Crippen LogP contribution in [0.4, 0.5) is 13.2 Å². The van der Waals surface area contributed by atoms with Crippen LogP contribution in [0.1, 0.15) is 32.3 Å². The minimum Gasteiger partial charge on any atom is -0.406 e. The van der Waals surface area contributed by atoms with E-state index >= 15 is 0 Å². The zero-order chi connectivity index (χ0) is 23.6. The van der Waals surface area contributed by atoms with Crippen LogP contribution in [0.25, 0.3) is 0 Å². The van der Waals surface area contributed by atoms with Crippen LogP contribution in [0.15, 0.2) is 53.4 Å². The van der Waals surface area contributed by atoms with Crippen molar-refractivity contribution in [2.75, 3.05) is 19.6 Å². The van der Waals surface area contributed by atoms with Crippen LogP contribution >= 0.6 is 11.6 Å². The van der Waals surface area contributed by atoms with Crippen molar-refractivity contribution in [3.05, 3.63) is 59.1 Å². The summed E-state index contributed by atoms with van der Waals surface area (Å²) in [6.45, 7) is 6.32. The van der Waals surface area contributed by atoms with Gasteiger partial charge >= 0.3 is 6.36 Å². The molecule has 2 aromatic carbocycles. The zero-order valence-electron chi connectivity index (χ0n) is 17.8. The Morgan fingerprint density at radius 3 is 2.31 bits per heavy atom. The van der Waals surface area contributed by atoms with E-state index in [9.17, 15) is 21.6 Å². The van der Waals surface area contributed by atoms with E-state index in [4.69, 9.17) is 11.6 Å². The van der Waals surface area contributed by atoms with Gasteiger partial charge in [0, 0.05) is 18.1 Å². The molecule has 0 amide bonds. The maximum atomic E-state index is 13.2. The Hall–Kier alpha value is -1.81. The Morgan fingerprint density at radius 2 is 1.75 bits per heavy atom. The number of benzene rings is 2. The van der Waals surface area contributed by atoms with Gasteiger partial charge in [-0.2, -0.15) is 4.72 Å². The molecule has 176 valence electrons. The van der Waals surface area contributed by atoms with E-state index in [1.54, 1.807) is 24.3 Å². The smallest absolute Gasteiger partial charge is 0.406 e. The molecule has 1 N–H and O–H groups in total. The van der Waals surface area contributed by atoms with E-state index in [-0.39, 0.29) is 4.90 Å². The number of likely N-dealkylation sites (tertiary alicyclic amines) is 1. The van der Waals surface area contributed by atoms with Crippen molar-refractivity contribution < 1.29 is 26.3 Å². The predicted octanol–water partition coefficient (Wildman–Crippen LogP) is 5.16. The number of halogens is 4. The molecule has 0 aromatic heterocycles. The molecule has 1 saturated heterocycles. The van der Waals surface area contributed by atoms with E-state index in [1.165, 1.54) is 0 Å². The number of nitrogens with one attached hydrogen (secondary N) is 1. The summed E-state index contributed by atoms with van der Waals surface area (Å²) in [5, 5.41) is 0.543. The van der Waals surface area contributed by atoms with Crippen molar-refractivity contribution in [1.82, 2.24) is 9.62 Å². The molecule has 1 aliphatic rings. The largest absolute Gasteiger partial charge is 0.573 e. The summed E-state index contributed by atoms with van der Waals surface area (Å²) in [5.74, 6) is 0.0410. The highest BCUT2D eigenvalue weighted by Crippen LogP contribution is 2.35. The van der Waals surface area contributed by atoms with Crippen LogP contribution in [0.2, 0.25) is 5.02 Å². The lowest BCUT2D eigenvalue weighted by Crippen LogP contribution is -2.47. The summed E-state index contributed by atoms with van der Waals surface area (Å²) in [4.78, 5) is 2.08. The molecule has 1 unspecified atom stereocenters. The fourth-order valence-corrected chi connectivity index (χ4v) is 5.34. The highest BCUT2D eigenvalue weighted by atomic mass is 35.5. The minimum absolute atomic E-state index is 0.138. The molecule has 3 rings (SSSR count). The van der Waals surface area contributed by atoms with Gasteiger partial charge in [-0.05, 0) is 67.3 Å². The molecule has 0 bridgehead atoms. The Morgan fingerprint density at radius 1 is 1.12 bits per heavy atom. The first kappa shape index (κ1) is 24.8. The molecular formula is C22H26ClF3N2O3S. The van der Waals surface area contributed by atoms with Crippen molar-refractivity contribution >= 4 is 21.6 Å². The molecule has 1 atom stereocenters. The Balaban J connectivity index is 1.86. The molecular weight excluding hydrogens is 465 g/mol. The average Bonchev–Trinajstić information content (AvgIpc) is 3.09. The number of ether oxygens (including phenoxy) is 1. The summed E-state index contributed by atoms with van der Waals surface area (Å²) >= 11 is 6.03. The van der Waals surface area contributed by atoms with Crippen LogP contribution in [0, 0.1) is 5.92 Å². The zero-order valence-corrected chi connectivity index (χ0v) is 19.4. The van der Waals surface area contributed by atoms with Crippen LogP contribution in [-0.2, 0) is 15.6 Å². The van der Waals surface area contributed by atoms with Gasteiger partial charge in [0.1, 0.15) is 5.75 Å². The molecule has 0 aliphatic carbocycles. The first-order valence-corrected chi connectivity index (χ1v) is 12.1. The van der Waals surface area contributed by atoms with Gasteiger partial charge in [0.15, 0.2) is 0 Å². The summed E-state index contributed by atoms with van der Waals surface area (Å²) in [6.07, 6.45) is -3.30. The summed E-state index contributed by atoms with van der Waals surface area (Å²) in [6, 6.07) is 11.2. The number of hydrogen-bond donors (Lipinski definition) is 1. The molecule has 10 heteroatoms. The van der Waals surface area contributed by atoms with Crippen molar-refractivity contribution in [3.8, 4) is 5.75 Å². The van der Waals surface area contributed by atoms with E-state index in [2.05, 4.69) is 28.2 Å². The van der Waals surface area contributed by atoms with Crippen LogP contribution in [-0.4, -0.2) is 39.3 Å². The summed E-state index contributed by atoms with van der Waals surface area (Å²) < 4.78 is 70.2.